The fourth-order valence-electron chi connectivity index (χ4n) is 1.95. The molecule has 1 aromatic carbocycles. The van der Waals surface area contributed by atoms with Gasteiger partial charge in [0.2, 0.25) is 5.91 Å². The van der Waals surface area contributed by atoms with Crippen LogP contribution < -0.4 is 16.8 Å². The predicted octanol–water partition coefficient (Wildman–Crippen LogP) is 1.55. The molecule has 0 unspecified atom stereocenters. The van der Waals surface area contributed by atoms with Gasteiger partial charge in [0, 0.05) is 23.9 Å². The minimum absolute atomic E-state index is 0.304. The molecule has 0 aliphatic heterocycles. The average Bonchev–Trinajstić information content (AvgIpc) is 2.42. The number of benzene rings is 1. The van der Waals surface area contributed by atoms with Crippen molar-refractivity contribution >= 4 is 39.8 Å². The molecule has 0 bridgehead atoms. The molecule has 104 valence electrons. The topological polar surface area (TPSA) is 94.0 Å². The van der Waals surface area contributed by atoms with Gasteiger partial charge >= 0.3 is 0 Å². The van der Waals surface area contributed by atoms with Gasteiger partial charge in [-0.25, -0.2) is 4.98 Å². The maximum Gasteiger partial charge on any atom is 0.217 e. The minimum Gasteiger partial charge on any atom is -0.389 e. The first kappa shape index (κ1) is 14.2. The number of anilines is 1. The molecule has 0 radical (unpaired) electrons. The number of amides is 1. The first-order valence-electron chi connectivity index (χ1n) is 6.29. The SMILES string of the molecule is NC(=O)CCCNc1cc(C(N)=S)c2ccccc2n1. The Labute approximate surface area is 122 Å². The molecule has 0 saturated heterocycles. The second kappa shape index (κ2) is 6.29. The van der Waals surface area contributed by atoms with Crippen molar-refractivity contribution in [1.29, 1.82) is 0 Å². The van der Waals surface area contributed by atoms with Gasteiger partial charge in [-0.2, -0.15) is 0 Å². The lowest BCUT2D eigenvalue weighted by atomic mass is 10.1. The number of thiocarbonyl (C=S) groups is 1. The van der Waals surface area contributed by atoms with Gasteiger partial charge in [0.25, 0.3) is 0 Å². The number of nitrogens with zero attached hydrogens (tertiary/aromatic N) is 1. The summed E-state index contributed by atoms with van der Waals surface area (Å²) in [6.07, 6.45) is 1.01. The minimum atomic E-state index is -0.304. The van der Waals surface area contributed by atoms with Gasteiger partial charge in [0.1, 0.15) is 10.8 Å². The molecule has 20 heavy (non-hydrogen) atoms. The molecule has 0 aliphatic carbocycles. The molecular formula is C14H16N4OS. The van der Waals surface area contributed by atoms with E-state index in [9.17, 15) is 4.79 Å². The Bertz CT molecular complexity index is 657. The number of aromatic nitrogens is 1. The third-order valence-corrected chi connectivity index (χ3v) is 3.11. The smallest absolute Gasteiger partial charge is 0.217 e. The first-order chi connectivity index (χ1) is 9.58. The number of primary amides is 1. The zero-order valence-electron chi connectivity index (χ0n) is 10.9. The monoisotopic (exact) mass is 288 g/mol. The normalized spacial score (nSPS) is 10.4. The number of fused-ring (bicyclic) bond motifs is 1. The van der Waals surface area contributed by atoms with E-state index in [1.54, 1.807) is 0 Å². The molecule has 1 amide bonds. The largest absolute Gasteiger partial charge is 0.389 e. The number of para-hydroxylation sites is 1. The van der Waals surface area contributed by atoms with Crippen LogP contribution in [0.4, 0.5) is 5.82 Å². The van der Waals surface area contributed by atoms with Crippen molar-refractivity contribution in [2.45, 2.75) is 12.8 Å². The number of nitrogens with one attached hydrogen (secondary N) is 1. The summed E-state index contributed by atoms with van der Waals surface area (Å²) in [5.41, 5.74) is 12.5. The van der Waals surface area contributed by atoms with E-state index in [4.69, 9.17) is 23.7 Å². The van der Waals surface area contributed by atoms with Crippen molar-refractivity contribution in [2.75, 3.05) is 11.9 Å². The van der Waals surface area contributed by atoms with Crippen LogP contribution in [0.25, 0.3) is 10.9 Å². The number of nitrogens with two attached hydrogens (primary N) is 2. The molecule has 1 aromatic heterocycles. The van der Waals surface area contributed by atoms with Crippen LogP contribution in [-0.4, -0.2) is 22.4 Å². The molecule has 0 atom stereocenters. The second-order valence-electron chi connectivity index (χ2n) is 4.43. The van der Waals surface area contributed by atoms with Gasteiger partial charge in [-0.15, -0.1) is 0 Å². The maximum atomic E-state index is 10.7. The highest BCUT2D eigenvalue weighted by Gasteiger charge is 2.07. The molecule has 5 N–H and O–H groups in total. The third-order valence-electron chi connectivity index (χ3n) is 2.89. The number of rotatable bonds is 6. The van der Waals surface area contributed by atoms with Gasteiger partial charge < -0.3 is 16.8 Å². The fraction of sp³-hybridized carbons (Fsp3) is 0.214. The average molecular weight is 288 g/mol. The van der Waals surface area contributed by atoms with Crippen molar-refractivity contribution in [2.24, 2.45) is 11.5 Å². The summed E-state index contributed by atoms with van der Waals surface area (Å²) in [7, 11) is 0. The molecular weight excluding hydrogens is 272 g/mol. The Hall–Kier alpha value is -2.21. The summed E-state index contributed by atoms with van der Waals surface area (Å²) in [4.78, 5) is 15.5. The lowest BCUT2D eigenvalue weighted by Gasteiger charge is -2.10. The van der Waals surface area contributed by atoms with E-state index in [0.717, 1.165) is 16.5 Å². The van der Waals surface area contributed by atoms with Crippen LogP contribution in [0.2, 0.25) is 0 Å². The standard InChI is InChI=1S/C14H16N4OS/c15-12(19)6-3-7-17-13-8-10(14(16)20)9-4-1-2-5-11(9)18-13/h1-2,4-5,8H,3,6-7H2,(H2,15,19)(H2,16,20)(H,17,18). The van der Waals surface area contributed by atoms with Gasteiger partial charge in [0.05, 0.1) is 5.52 Å². The quantitative estimate of drug-likeness (QED) is 0.554. The molecule has 2 rings (SSSR count). The van der Waals surface area contributed by atoms with Crippen molar-refractivity contribution in [3.05, 3.63) is 35.9 Å². The highest BCUT2D eigenvalue weighted by molar-refractivity contribution is 7.80. The van der Waals surface area contributed by atoms with Gasteiger partial charge in [-0.1, -0.05) is 30.4 Å². The highest BCUT2D eigenvalue weighted by Crippen LogP contribution is 2.20. The molecule has 2 aromatic rings. The third kappa shape index (κ3) is 3.42. The second-order valence-corrected chi connectivity index (χ2v) is 4.87. The zero-order chi connectivity index (χ0) is 14.5. The number of hydrogen-bond donors (Lipinski definition) is 3. The van der Waals surface area contributed by atoms with Crippen LogP contribution >= 0.6 is 12.2 Å². The van der Waals surface area contributed by atoms with Crippen molar-refractivity contribution in [3.8, 4) is 0 Å². The predicted molar refractivity (Wildman–Crippen MR) is 84.5 cm³/mol. The summed E-state index contributed by atoms with van der Waals surface area (Å²) in [5, 5.41) is 4.09. The van der Waals surface area contributed by atoms with Crippen LogP contribution in [0.1, 0.15) is 18.4 Å². The van der Waals surface area contributed by atoms with Crippen molar-refractivity contribution in [3.63, 3.8) is 0 Å². The lowest BCUT2D eigenvalue weighted by molar-refractivity contribution is -0.118. The number of carbonyl (C=O) groups is 1. The lowest BCUT2D eigenvalue weighted by Crippen LogP contribution is -2.14. The molecule has 6 heteroatoms. The molecule has 5 nitrogen and oxygen atoms in total. The summed E-state index contributed by atoms with van der Waals surface area (Å²) >= 11 is 5.08. The Morgan fingerprint density at radius 2 is 2.05 bits per heavy atom. The molecule has 0 aliphatic rings. The van der Waals surface area contributed by atoms with E-state index in [2.05, 4.69) is 10.3 Å². The van der Waals surface area contributed by atoms with Crippen LogP contribution in [0, 0.1) is 0 Å². The number of pyridine rings is 1. The highest BCUT2D eigenvalue weighted by atomic mass is 32.1. The summed E-state index contributed by atoms with van der Waals surface area (Å²) < 4.78 is 0. The Balaban J connectivity index is 2.22. The maximum absolute atomic E-state index is 10.7. The molecule has 0 fully saturated rings. The van der Waals surface area contributed by atoms with Crippen LogP contribution in [0.15, 0.2) is 30.3 Å². The summed E-state index contributed by atoms with van der Waals surface area (Å²) in [5.74, 6) is 0.387. The number of carbonyl (C=O) groups excluding carboxylic acids is 1. The van der Waals surface area contributed by atoms with Gasteiger partial charge in [-0.05, 0) is 18.6 Å². The van der Waals surface area contributed by atoms with E-state index in [0.29, 0.717) is 30.2 Å². The summed E-state index contributed by atoms with van der Waals surface area (Å²) in [6.45, 7) is 0.616. The van der Waals surface area contributed by atoms with E-state index in [1.165, 1.54) is 0 Å². The molecule has 1 heterocycles. The van der Waals surface area contributed by atoms with E-state index < -0.39 is 0 Å². The van der Waals surface area contributed by atoms with E-state index in [1.807, 2.05) is 30.3 Å². The Morgan fingerprint density at radius 3 is 2.75 bits per heavy atom. The van der Waals surface area contributed by atoms with E-state index >= 15 is 0 Å². The Kier molecular flexibility index (Phi) is 4.47. The van der Waals surface area contributed by atoms with Gasteiger partial charge in [-0.3, -0.25) is 4.79 Å². The van der Waals surface area contributed by atoms with Crippen LogP contribution in [0.3, 0.4) is 0 Å². The van der Waals surface area contributed by atoms with Crippen LogP contribution in [0.5, 0.6) is 0 Å². The van der Waals surface area contributed by atoms with Crippen LogP contribution in [-0.2, 0) is 4.79 Å². The van der Waals surface area contributed by atoms with E-state index in [-0.39, 0.29) is 5.91 Å². The first-order valence-corrected chi connectivity index (χ1v) is 6.70. The fourth-order valence-corrected chi connectivity index (χ4v) is 2.12. The van der Waals surface area contributed by atoms with Crippen molar-refractivity contribution in [1.82, 2.24) is 4.98 Å². The zero-order valence-corrected chi connectivity index (χ0v) is 11.7. The molecule has 0 spiro atoms. The van der Waals surface area contributed by atoms with Crippen molar-refractivity contribution < 1.29 is 4.79 Å². The van der Waals surface area contributed by atoms with Gasteiger partial charge in [0.15, 0.2) is 0 Å². The number of hydrogen-bond acceptors (Lipinski definition) is 4. The summed E-state index contributed by atoms with van der Waals surface area (Å²) in [6, 6.07) is 9.51. The molecule has 0 saturated carbocycles. The Morgan fingerprint density at radius 1 is 1.30 bits per heavy atom.